The van der Waals surface area contributed by atoms with Gasteiger partial charge >= 0.3 is 0 Å². The van der Waals surface area contributed by atoms with Gasteiger partial charge in [0.05, 0.1) is 10.6 Å². The van der Waals surface area contributed by atoms with Crippen LogP contribution in [0.5, 0.6) is 0 Å². The van der Waals surface area contributed by atoms with E-state index in [0.717, 1.165) is 18.2 Å². The highest BCUT2D eigenvalue weighted by molar-refractivity contribution is 7.90. The highest BCUT2D eigenvalue weighted by Gasteiger charge is 2.27. The van der Waals surface area contributed by atoms with Gasteiger partial charge in [0, 0.05) is 12.8 Å². The van der Waals surface area contributed by atoms with Crippen molar-refractivity contribution in [3.8, 4) is 0 Å². The topological polar surface area (TPSA) is 46.2 Å². The van der Waals surface area contributed by atoms with E-state index >= 15 is 0 Å². The fourth-order valence-electron chi connectivity index (χ4n) is 2.04. The average Bonchev–Trinajstić information content (AvgIpc) is 3.08. The summed E-state index contributed by atoms with van der Waals surface area (Å²) in [4.78, 5) is 0.392. The molecule has 0 amide bonds. The van der Waals surface area contributed by atoms with Crippen molar-refractivity contribution in [2.45, 2.75) is 24.7 Å². The molecule has 94 valence electrons. The van der Waals surface area contributed by atoms with Crippen LogP contribution in [0.25, 0.3) is 0 Å². The summed E-state index contributed by atoms with van der Waals surface area (Å²) in [5, 5.41) is 3.26. The van der Waals surface area contributed by atoms with Crippen LogP contribution in [-0.2, 0) is 9.84 Å². The predicted octanol–water partition coefficient (Wildman–Crippen LogP) is 2.55. The van der Waals surface area contributed by atoms with Crippen molar-refractivity contribution in [2.75, 3.05) is 18.1 Å². The minimum Gasteiger partial charge on any atom is -0.384 e. The summed E-state index contributed by atoms with van der Waals surface area (Å²) in [6, 6.07) is 7.10. The largest absolute Gasteiger partial charge is 0.384 e. The lowest BCUT2D eigenvalue weighted by atomic mass is 10.1. The second-order valence-corrected chi connectivity index (χ2v) is 6.95. The van der Waals surface area contributed by atoms with Gasteiger partial charge in [-0.15, -0.1) is 0 Å². The van der Waals surface area contributed by atoms with Gasteiger partial charge in [-0.25, -0.2) is 8.42 Å². The smallest absolute Gasteiger partial charge is 0.177 e. The van der Waals surface area contributed by atoms with E-state index in [1.807, 2.05) is 12.1 Å². The molecule has 2 rings (SSSR count). The van der Waals surface area contributed by atoms with Gasteiger partial charge in [0.25, 0.3) is 0 Å². The van der Waals surface area contributed by atoms with Crippen molar-refractivity contribution >= 4 is 15.5 Å². The van der Waals surface area contributed by atoms with Gasteiger partial charge in [-0.3, -0.25) is 0 Å². The molecule has 1 N–H and O–H groups in total. The first kappa shape index (κ1) is 12.4. The highest BCUT2D eigenvalue weighted by Crippen LogP contribution is 2.36. The Morgan fingerprint density at radius 1 is 1.35 bits per heavy atom. The van der Waals surface area contributed by atoms with Gasteiger partial charge < -0.3 is 5.32 Å². The van der Waals surface area contributed by atoms with Crippen LogP contribution >= 0.6 is 0 Å². The zero-order chi connectivity index (χ0) is 12.5. The second kappa shape index (κ2) is 4.69. The van der Waals surface area contributed by atoms with Crippen LogP contribution in [0, 0.1) is 11.8 Å². The molecule has 1 unspecified atom stereocenters. The molecular weight excluding hydrogens is 234 g/mol. The summed E-state index contributed by atoms with van der Waals surface area (Å²) in [6.07, 6.45) is 3.88. The lowest BCUT2D eigenvalue weighted by Crippen LogP contribution is -2.14. The molecule has 1 fully saturated rings. The number of anilines is 1. The molecule has 0 saturated heterocycles. The monoisotopic (exact) mass is 253 g/mol. The summed E-state index contributed by atoms with van der Waals surface area (Å²) in [5.74, 6) is 1.44. The maximum absolute atomic E-state index is 11.6. The standard InChI is InChI=1S/C13H19NO2S/c1-10(11-7-8-11)9-14-12-5-3-4-6-13(12)17(2,15)16/h3-6,10-11,14H,7-9H2,1-2H3. The first-order valence-electron chi connectivity index (χ1n) is 6.01. The van der Waals surface area contributed by atoms with Gasteiger partial charge in [0.1, 0.15) is 0 Å². The Bertz CT molecular complexity index is 492. The van der Waals surface area contributed by atoms with Crippen molar-refractivity contribution in [3.63, 3.8) is 0 Å². The van der Waals surface area contributed by atoms with Crippen molar-refractivity contribution in [1.29, 1.82) is 0 Å². The third kappa shape index (κ3) is 3.22. The maximum atomic E-state index is 11.6. The molecule has 1 aromatic carbocycles. The van der Waals surface area contributed by atoms with Crippen LogP contribution < -0.4 is 5.32 Å². The Morgan fingerprint density at radius 3 is 2.59 bits per heavy atom. The van der Waals surface area contributed by atoms with Crippen molar-refractivity contribution < 1.29 is 8.42 Å². The Hall–Kier alpha value is -1.03. The molecule has 1 aliphatic carbocycles. The number of hydrogen-bond donors (Lipinski definition) is 1. The molecule has 17 heavy (non-hydrogen) atoms. The number of nitrogens with one attached hydrogen (secondary N) is 1. The fourth-order valence-corrected chi connectivity index (χ4v) is 2.90. The van der Waals surface area contributed by atoms with Gasteiger partial charge in [0.15, 0.2) is 9.84 Å². The number of rotatable bonds is 5. The van der Waals surface area contributed by atoms with E-state index in [2.05, 4.69) is 12.2 Å². The average molecular weight is 253 g/mol. The van der Waals surface area contributed by atoms with E-state index in [1.54, 1.807) is 12.1 Å². The lowest BCUT2D eigenvalue weighted by molar-refractivity contribution is 0.536. The van der Waals surface area contributed by atoms with E-state index < -0.39 is 9.84 Å². The van der Waals surface area contributed by atoms with Crippen LogP contribution in [0.1, 0.15) is 19.8 Å². The van der Waals surface area contributed by atoms with Gasteiger partial charge in [-0.1, -0.05) is 19.1 Å². The van der Waals surface area contributed by atoms with Crippen molar-refractivity contribution in [3.05, 3.63) is 24.3 Å². The van der Waals surface area contributed by atoms with E-state index in [0.29, 0.717) is 10.8 Å². The zero-order valence-electron chi connectivity index (χ0n) is 10.3. The quantitative estimate of drug-likeness (QED) is 0.877. The Balaban J connectivity index is 2.09. The molecule has 0 aromatic heterocycles. The summed E-state index contributed by atoms with van der Waals surface area (Å²) in [6.45, 7) is 3.06. The van der Waals surface area contributed by atoms with Gasteiger partial charge in [-0.2, -0.15) is 0 Å². The molecule has 0 aliphatic heterocycles. The van der Waals surface area contributed by atoms with Gasteiger partial charge in [0.2, 0.25) is 0 Å². The number of hydrogen-bond acceptors (Lipinski definition) is 3. The van der Waals surface area contributed by atoms with Crippen molar-refractivity contribution in [2.24, 2.45) is 11.8 Å². The third-order valence-corrected chi connectivity index (χ3v) is 4.48. The Labute approximate surface area is 103 Å². The predicted molar refractivity (Wildman–Crippen MR) is 69.9 cm³/mol. The molecule has 0 radical (unpaired) electrons. The normalized spacial score (nSPS) is 17.8. The summed E-state index contributed by atoms with van der Waals surface area (Å²) >= 11 is 0. The number of sulfone groups is 1. The molecular formula is C13H19NO2S. The van der Waals surface area contributed by atoms with Gasteiger partial charge in [-0.05, 0) is 36.8 Å². The molecule has 1 aliphatic rings. The molecule has 1 aromatic rings. The molecule has 0 heterocycles. The van der Waals surface area contributed by atoms with E-state index in [9.17, 15) is 8.42 Å². The fraction of sp³-hybridized carbons (Fsp3) is 0.538. The van der Waals surface area contributed by atoms with Crippen molar-refractivity contribution in [1.82, 2.24) is 0 Å². The zero-order valence-corrected chi connectivity index (χ0v) is 11.1. The van der Waals surface area contributed by atoms with Crippen LogP contribution in [0.4, 0.5) is 5.69 Å². The molecule has 0 bridgehead atoms. The first-order chi connectivity index (χ1) is 7.98. The van der Waals surface area contributed by atoms with E-state index in [4.69, 9.17) is 0 Å². The Kier molecular flexibility index (Phi) is 3.43. The third-order valence-electron chi connectivity index (χ3n) is 3.33. The minimum atomic E-state index is -3.15. The molecule has 0 spiro atoms. The molecule has 1 atom stereocenters. The molecule has 4 heteroatoms. The summed E-state index contributed by atoms with van der Waals surface area (Å²) in [5.41, 5.74) is 0.725. The maximum Gasteiger partial charge on any atom is 0.177 e. The molecule has 3 nitrogen and oxygen atoms in total. The lowest BCUT2D eigenvalue weighted by Gasteiger charge is -2.14. The number of benzene rings is 1. The summed E-state index contributed by atoms with van der Waals surface area (Å²) in [7, 11) is -3.15. The second-order valence-electron chi connectivity index (χ2n) is 4.96. The SMILES string of the molecule is CC(CNc1ccccc1S(C)(=O)=O)C1CC1. The van der Waals surface area contributed by atoms with E-state index in [-0.39, 0.29) is 0 Å². The van der Waals surface area contributed by atoms with E-state index in [1.165, 1.54) is 19.1 Å². The van der Waals surface area contributed by atoms with Crippen LogP contribution in [0.2, 0.25) is 0 Å². The highest BCUT2D eigenvalue weighted by atomic mass is 32.2. The molecule has 1 saturated carbocycles. The van der Waals surface area contributed by atoms with Crippen LogP contribution in [0.15, 0.2) is 29.2 Å². The minimum absolute atomic E-state index is 0.392. The summed E-state index contributed by atoms with van der Waals surface area (Å²) < 4.78 is 23.2. The first-order valence-corrected chi connectivity index (χ1v) is 7.90. The Morgan fingerprint density at radius 2 is 2.00 bits per heavy atom. The van der Waals surface area contributed by atoms with Crippen LogP contribution in [0.3, 0.4) is 0 Å². The number of para-hydroxylation sites is 1. The van der Waals surface area contributed by atoms with Crippen LogP contribution in [-0.4, -0.2) is 21.2 Å².